The molecule has 14 heavy (non-hydrogen) atoms. The molecule has 0 aromatic heterocycles. The van der Waals surface area contributed by atoms with Crippen LogP contribution in [0.1, 0.15) is 6.92 Å². The maximum Gasteiger partial charge on any atom is 0.320 e. The van der Waals surface area contributed by atoms with Crippen molar-refractivity contribution in [2.75, 3.05) is 13.1 Å². The van der Waals surface area contributed by atoms with Crippen molar-refractivity contribution < 1.29 is 19.8 Å². The summed E-state index contributed by atoms with van der Waals surface area (Å²) in [6, 6.07) is -0.483. The van der Waals surface area contributed by atoms with Crippen molar-refractivity contribution in [2.24, 2.45) is 5.73 Å². The van der Waals surface area contributed by atoms with E-state index in [1.54, 1.807) is 13.0 Å². The number of hydrogen-bond donors (Lipinski definition) is 4. The zero-order valence-corrected chi connectivity index (χ0v) is 8.06. The summed E-state index contributed by atoms with van der Waals surface area (Å²) in [6.45, 7) is 5.28. The quantitative estimate of drug-likeness (QED) is 0.439. The van der Waals surface area contributed by atoms with Gasteiger partial charge in [-0.25, -0.2) is 0 Å². The molecule has 82 valence electrons. The first-order valence-corrected chi connectivity index (χ1v) is 3.94. The smallest absolute Gasteiger partial charge is 0.320 e. The standard InChI is InChI=1S/C6H11NO2.C2H5NO2/c1-3-4-7-5(2)6(8)9;3-1-2(4)5/h3,5,7H,1,4H2,2H3,(H,8,9);1,3H2,(H,4,5). The number of aliphatic carboxylic acids is 2. The van der Waals surface area contributed by atoms with Gasteiger partial charge in [-0.05, 0) is 6.92 Å². The summed E-state index contributed by atoms with van der Waals surface area (Å²) in [6.07, 6.45) is 1.62. The lowest BCUT2D eigenvalue weighted by Gasteiger charge is -2.04. The van der Waals surface area contributed by atoms with Crippen LogP contribution in [0.4, 0.5) is 0 Å². The first kappa shape index (κ1) is 15.1. The Kier molecular flexibility index (Phi) is 10.4. The molecule has 0 rings (SSSR count). The second kappa shape index (κ2) is 9.69. The summed E-state index contributed by atoms with van der Waals surface area (Å²) in [7, 11) is 0. The molecule has 0 spiro atoms. The molecule has 0 bridgehead atoms. The second-order valence-electron chi connectivity index (χ2n) is 2.35. The SMILES string of the molecule is C=CCNC(C)C(=O)O.NCC(=O)O. The van der Waals surface area contributed by atoms with Crippen LogP contribution in [0, 0.1) is 0 Å². The molecule has 0 aliphatic heterocycles. The van der Waals surface area contributed by atoms with Gasteiger partial charge < -0.3 is 21.3 Å². The molecule has 0 fully saturated rings. The molecule has 0 aromatic rings. The Morgan fingerprint density at radius 3 is 2.21 bits per heavy atom. The second-order valence-corrected chi connectivity index (χ2v) is 2.35. The van der Waals surface area contributed by atoms with Crippen molar-refractivity contribution in [1.82, 2.24) is 5.32 Å². The number of carboxylic acid groups (broad SMARTS) is 2. The Bertz CT molecular complexity index is 194. The van der Waals surface area contributed by atoms with Crippen molar-refractivity contribution in [2.45, 2.75) is 13.0 Å². The van der Waals surface area contributed by atoms with Gasteiger partial charge in [-0.15, -0.1) is 6.58 Å². The van der Waals surface area contributed by atoms with Crippen LogP contribution < -0.4 is 11.1 Å². The summed E-state index contributed by atoms with van der Waals surface area (Å²) in [5, 5.41) is 18.6. The van der Waals surface area contributed by atoms with Crippen LogP contribution in [0.15, 0.2) is 12.7 Å². The lowest BCUT2D eigenvalue weighted by Crippen LogP contribution is -2.33. The summed E-state index contributed by atoms with van der Waals surface area (Å²) < 4.78 is 0. The third kappa shape index (κ3) is 13.2. The molecule has 0 aromatic carbocycles. The third-order valence-electron chi connectivity index (χ3n) is 1.11. The lowest BCUT2D eigenvalue weighted by atomic mass is 10.3. The molecule has 1 atom stereocenters. The molecule has 6 heteroatoms. The van der Waals surface area contributed by atoms with Gasteiger partial charge in [0.2, 0.25) is 0 Å². The van der Waals surface area contributed by atoms with Gasteiger partial charge in [0.1, 0.15) is 6.04 Å². The van der Waals surface area contributed by atoms with Gasteiger partial charge in [0, 0.05) is 6.54 Å². The summed E-state index contributed by atoms with van der Waals surface area (Å²) in [5.74, 6) is -1.80. The van der Waals surface area contributed by atoms with E-state index in [1.165, 1.54) is 0 Å². The zero-order chi connectivity index (χ0) is 11.6. The van der Waals surface area contributed by atoms with Gasteiger partial charge in [0.05, 0.1) is 6.54 Å². The summed E-state index contributed by atoms with van der Waals surface area (Å²) in [5.41, 5.74) is 4.57. The van der Waals surface area contributed by atoms with Crippen molar-refractivity contribution in [1.29, 1.82) is 0 Å². The first-order valence-electron chi connectivity index (χ1n) is 3.94. The highest BCUT2D eigenvalue weighted by molar-refractivity contribution is 5.72. The van der Waals surface area contributed by atoms with E-state index in [1.807, 2.05) is 0 Å². The molecule has 6 nitrogen and oxygen atoms in total. The average Bonchev–Trinajstić information content (AvgIpc) is 2.14. The molecule has 0 saturated heterocycles. The largest absolute Gasteiger partial charge is 0.480 e. The highest BCUT2D eigenvalue weighted by Gasteiger charge is 2.06. The fourth-order valence-corrected chi connectivity index (χ4v) is 0.347. The Morgan fingerprint density at radius 2 is 2.00 bits per heavy atom. The van der Waals surface area contributed by atoms with Crippen molar-refractivity contribution in [3.05, 3.63) is 12.7 Å². The van der Waals surface area contributed by atoms with Crippen LogP contribution in [0.3, 0.4) is 0 Å². The summed E-state index contributed by atoms with van der Waals surface area (Å²) >= 11 is 0. The van der Waals surface area contributed by atoms with Gasteiger partial charge in [-0.1, -0.05) is 6.08 Å². The predicted octanol–water partition coefficient (Wildman–Crippen LogP) is -0.735. The molecule has 5 N–H and O–H groups in total. The van der Waals surface area contributed by atoms with Crippen LogP contribution in [-0.2, 0) is 9.59 Å². The van der Waals surface area contributed by atoms with Crippen molar-refractivity contribution in [3.8, 4) is 0 Å². The molecule has 1 unspecified atom stereocenters. The molecule has 0 amide bonds. The zero-order valence-electron chi connectivity index (χ0n) is 8.06. The van der Waals surface area contributed by atoms with E-state index in [4.69, 9.17) is 10.2 Å². The fourth-order valence-electron chi connectivity index (χ4n) is 0.347. The van der Waals surface area contributed by atoms with Gasteiger partial charge in [0.25, 0.3) is 0 Å². The van der Waals surface area contributed by atoms with Crippen LogP contribution in [0.5, 0.6) is 0 Å². The van der Waals surface area contributed by atoms with E-state index in [-0.39, 0.29) is 6.54 Å². The maximum atomic E-state index is 10.1. The van der Waals surface area contributed by atoms with Crippen LogP contribution in [0.2, 0.25) is 0 Å². The predicted molar refractivity (Wildman–Crippen MR) is 52.0 cm³/mol. The molecule has 0 saturated carbocycles. The van der Waals surface area contributed by atoms with Crippen molar-refractivity contribution >= 4 is 11.9 Å². The van der Waals surface area contributed by atoms with Crippen LogP contribution >= 0.6 is 0 Å². The fraction of sp³-hybridized carbons (Fsp3) is 0.500. The Labute approximate surface area is 82.4 Å². The number of rotatable bonds is 5. The Morgan fingerprint density at radius 1 is 1.57 bits per heavy atom. The summed E-state index contributed by atoms with van der Waals surface area (Å²) in [4.78, 5) is 19.4. The molecular formula is C8H16N2O4. The van der Waals surface area contributed by atoms with E-state index in [0.29, 0.717) is 6.54 Å². The molecule has 0 aliphatic rings. The number of nitrogens with one attached hydrogen (secondary N) is 1. The minimum absolute atomic E-state index is 0.278. The lowest BCUT2D eigenvalue weighted by molar-refractivity contribution is -0.139. The number of carbonyl (C=O) groups is 2. The van der Waals surface area contributed by atoms with Gasteiger partial charge in [0.15, 0.2) is 0 Å². The Balaban J connectivity index is 0. The topological polar surface area (TPSA) is 113 Å². The van der Waals surface area contributed by atoms with E-state index >= 15 is 0 Å². The van der Waals surface area contributed by atoms with Gasteiger partial charge >= 0.3 is 11.9 Å². The van der Waals surface area contributed by atoms with Gasteiger partial charge in [-0.2, -0.15) is 0 Å². The normalized spacial score (nSPS) is 10.7. The molecule has 0 heterocycles. The minimum atomic E-state index is -0.968. The number of nitrogens with two attached hydrogens (primary N) is 1. The highest BCUT2D eigenvalue weighted by Crippen LogP contribution is 1.78. The highest BCUT2D eigenvalue weighted by atomic mass is 16.4. The maximum absolute atomic E-state index is 10.1. The third-order valence-corrected chi connectivity index (χ3v) is 1.11. The monoisotopic (exact) mass is 204 g/mol. The van der Waals surface area contributed by atoms with E-state index < -0.39 is 18.0 Å². The Hall–Kier alpha value is -1.40. The minimum Gasteiger partial charge on any atom is -0.480 e. The van der Waals surface area contributed by atoms with Crippen LogP contribution in [0.25, 0.3) is 0 Å². The number of hydrogen-bond acceptors (Lipinski definition) is 4. The van der Waals surface area contributed by atoms with E-state index in [2.05, 4.69) is 17.6 Å². The van der Waals surface area contributed by atoms with Crippen LogP contribution in [-0.4, -0.2) is 41.3 Å². The van der Waals surface area contributed by atoms with Gasteiger partial charge in [-0.3, -0.25) is 9.59 Å². The van der Waals surface area contributed by atoms with E-state index in [0.717, 1.165) is 0 Å². The van der Waals surface area contributed by atoms with Crippen molar-refractivity contribution in [3.63, 3.8) is 0 Å². The molecule has 0 radical (unpaired) electrons. The first-order chi connectivity index (χ1) is 6.45. The average molecular weight is 204 g/mol. The number of carboxylic acids is 2. The molecule has 0 aliphatic carbocycles. The molecular weight excluding hydrogens is 188 g/mol. The van der Waals surface area contributed by atoms with E-state index in [9.17, 15) is 9.59 Å².